The second-order valence-electron chi connectivity index (χ2n) is 5.59. The number of nitrogens with zero attached hydrogens (tertiary/aromatic N) is 3. The van der Waals surface area contributed by atoms with Crippen LogP contribution in [0.15, 0.2) is 61.4 Å². The summed E-state index contributed by atoms with van der Waals surface area (Å²) >= 11 is 0. The van der Waals surface area contributed by atoms with Crippen LogP contribution in [0.2, 0.25) is 0 Å². The van der Waals surface area contributed by atoms with Crippen LogP contribution < -0.4 is 10.1 Å². The monoisotopic (exact) mass is 364 g/mol. The molecule has 0 radical (unpaired) electrons. The highest BCUT2D eigenvalue weighted by atomic mass is 16.5. The molecule has 0 aliphatic carbocycles. The molecule has 0 atom stereocenters. The summed E-state index contributed by atoms with van der Waals surface area (Å²) in [5, 5.41) is 17.0. The van der Waals surface area contributed by atoms with Crippen LogP contribution in [-0.2, 0) is 6.54 Å². The first kappa shape index (κ1) is 21.8. The van der Waals surface area contributed by atoms with Crippen molar-refractivity contribution in [2.75, 3.05) is 12.4 Å². The Morgan fingerprint density at radius 1 is 1.26 bits per heavy atom. The standard InChI is InChI=1S/C19H20N4O.C3H8/c1-5-8-15(6-2)24-16-11-9-14(10-12-16)18-17(13-20)19(21-4)23(7-3)22-18;1-3-2/h5-6,8-12,21H,1-2,7H2,3-4H3;3H2,1-2H3/b15-8+;. The molecule has 0 aliphatic heterocycles. The second-order valence-corrected chi connectivity index (χ2v) is 5.59. The number of benzene rings is 1. The van der Waals surface area contributed by atoms with Crippen LogP contribution >= 0.6 is 0 Å². The number of hydrogen-bond donors (Lipinski definition) is 1. The molecule has 5 heteroatoms. The van der Waals surface area contributed by atoms with Crippen molar-refractivity contribution in [2.45, 2.75) is 33.7 Å². The van der Waals surface area contributed by atoms with E-state index in [0.717, 1.165) is 11.4 Å². The normalized spacial score (nSPS) is 10.3. The van der Waals surface area contributed by atoms with E-state index in [2.05, 4.69) is 43.5 Å². The van der Waals surface area contributed by atoms with Gasteiger partial charge in [-0.05, 0) is 43.3 Å². The summed E-state index contributed by atoms with van der Waals surface area (Å²) in [5.41, 5.74) is 2.04. The molecule has 0 saturated heterocycles. The maximum atomic E-state index is 9.47. The first-order valence-corrected chi connectivity index (χ1v) is 9.02. The van der Waals surface area contributed by atoms with Crippen molar-refractivity contribution in [3.63, 3.8) is 0 Å². The molecular formula is C22H28N4O. The minimum absolute atomic E-state index is 0.534. The van der Waals surface area contributed by atoms with E-state index in [-0.39, 0.29) is 0 Å². The highest BCUT2D eigenvalue weighted by molar-refractivity contribution is 5.73. The van der Waals surface area contributed by atoms with Gasteiger partial charge in [-0.25, -0.2) is 4.68 Å². The average Bonchev–Trinajstić information content (AvgIpc) is 3.06. The van der Waals surface area contributed by atoms with E-state index in [1.165, 1.54) is 6.42 Å². The van der Waals surface area contributed by atoms with Gasteiger partial charge in [0.25, 0.3) is 0 Å². The average molecular weight is 364 g/mol. The molecule has 0 spiro atoms. The van der Waals surface area contributed by atoms with Crippen LogP contribution in [-0.4, -0.2) is 16.8 Å². The van der Waals surface area contributed by atoms with Crippen molar-refractivity contribution in [1.29, 1.82) is 5.26 Å². The molecule has 0 fully saturated rings. The van der Waals surface area contributed by atoms with E-state index < -0.39 is 0 Å². The van der Waals surface area contributed by atoms with E-state index in [4.69, 9.17) is 4.74 Å². The van der Waals surface area contributed by atoms with Gasteiger partial charge in [-0.1, -0.05) is 39.5 Å². The first-order chi connectivity index (χ1) is 13.1. The van der Waals surface area contributed by atoms with Crippen molar-refractivity contribution >= 4 is 5.82 Å². The summed E-state index contributed by atoms with van der Waals surface area (Å²) in [6, 6.07) is 9.66. The quantitative estimate of drug-likeness (QED) is 0.518. The zero-order chi connectivity index (χ0) is 20.2. The summed E-state index contributed by atoms with van der Waals surface area (Å²) in [4.78, 5) is 0. The van der Waals surface area contributed by atoms with Crippen LogP contribution in [0.1, 0.15) is 32.8 Å². The van der Waals surface area contributed by atoms with Crippen LogP contribution in [0, 0.1) is 11.3 Å². The zero-order valence-electron chi connectivity index (χ0n) is 16.6. The van der Waals surface area contributed by atoms with Gasteiger partial charge in [-0.3, -0.25) is 0 Å². The summed E-state index contributed by atoms with van der Waals surface area (Å²) in [6.07, 6.45) is 6.24. The lowest BCUT2D eigenvalue weighted by Crippen LogP contribution is -2.03. The Labute approximate surface area is 162 Å². The summed E-state index contributed by atoms with van der Waals surface area (Å²) in [5.74, 6) is 2.01. The van der Waals surface area contributed by atoms with Crippen molar-refractivity contribution in [1.82, 2.24) is 9.78 Å². The first-order valence-electron chi connectivity index (χ1n) is 9.02. The number of hydrogen-bond acceptors (Lipinski definition) is 4. The third-order valence-electron chi connectivity index (χ3n) is 3.45. The Morgan fingerprint density at radius 3 is 2.33 bits per heavy atom. The molecule has 142 valence electrons. The number of rotatable bonds is 7. The predicted molar refractivity (Wildman–Crippen MR) is 113 cm³/mol. The lowest BCUT2D eigenvalue weighted by atomic mass is 10.1. The third kappa shape index (κ3) is 5.61. The molecule has 0 saturated carbocycles. The van der Waals surface area contributed by atoms with E-state index >= 15 is 0 Å². The van der Waals surface area contributed by atoms with Gasteiger partial charge in [0.1, 0.15) is 34.7 Å². The maximum absolute atomic E-state index is 9.47. The number of aromatic nitrogens is 2. The van der Waals surface area contributed by atoms with Gasteiger partial charge in [-0.15, -0.1) is 0 Å². The highest BCUT2D eigenvalue weighted by Crippen LogP contribution is 2.29. The molecule has 0 unspecified atom stereocenters. The topological polar surface area (TPSA) is 62.9 Å². The van der Waals surface area contributed by atoms with Crippen LogP contribution in [0.4, 0.5) is 5.82 Å². The van der Waals surface area contributed by atoms with Gasteiger partial charge >= 0.3 is 0 Å². The smallest absolute Gasteiger partial charge is 0.142 e. The molecule has 2 rings (SSSR count). The minimum Gasteiger partial charge on any atom is -0.457 e. The summed E-state index contributed by atoms with van der Waals surface area (Å²) < 4.78 is 7.47. The van der Waals surface area contributed by atoms with Gasteiger partial charge in [0.05, 0.1) is 0 Å². The van der Waals surface area contributed by atoms with Crippen molar-refractivity contribution in [2.24, 2.45) is 0 Å². The van der Waals surface area contributed by atoms with E-state index in [1.54, 1.807) is 30.0 Å². The molecular weight excluding hydrogens is 336 g/mol. The molecule has 1 aromatic heterocycles. The van der Waals surface area contributed by atoms with Crippen LogP contribution in [0.5, 0.6) is 5.75 Å². The Balaban J connectivity index is 0.00000114. The van der Waals surface area contributed by atoms with Gasteiger partial charge in [-0.2, -0.15) is 10.4 Å². The minimum atomic E-state index is 0.534. The Bertz CT molecular complexity index is 823. The molecule has 0 aliphatic rings. The van der Waals surface area contributed by atoms with E-state index in [9.17, 15) is 5.26 Å². The number of nitrogens with one attached hydrogen (secondary N) is 1. The fourth-order valence-electron chi connectivity index (χ4n) is 2.33. The second kappa shape index (κ2) is 11.4. The lowest BCUT2D eigenvalue weighted by Gasteiger charge is -2.06. The molecule has 1 N–H and O–H groups in total. The maximum Gasteiger partial charge on any atom is 0.142 e. The molecule has 27 heavy (non-hydrogen) atoms. The van der Waals surface area contributed by atoms with Gasteiger partial charge in [0.15, 0.2) is 0 Å². The summed E-state index contributed by atoms with van der Waals surface area (Å²) in [6.45, 7) is 14.3. The van der Waals surface area contributed by atoms with Gasteiger partial charge in [0.2, 0.25) is 0 Å². The summed E-state index contributed by atoms with van der Waals surface area (Å²) in [7, 11) is 1.79. The molecule has 5 nitrogen and oxygen atoms in total. The van der Waals surface area contributed by atoms with Crippen LogP contribution in [0.3, 0.4) is 0 Å². The zero-order valence-corrected chi connectivity index (χ0v) is 16.6. The number of nitriles is 1. The third-order valence-corrected chi connectivity index (χ3v) is 3.45. The van der Waals surface area contributed by atoms with E-state index in [1.807, 2.05) is 31.2 Å². The molecule has 2 aromatic rings. The number of aryl methyl sites for hydroxylation is 1. The number of ether oxygens (including phenoxy) is 1. The fraction of sp³-hybridized carbons (Fsp3) is 0.273. The van der Waals surface area contributed by atoms with Crippen molar-refractivity contribution in [3.8, 4) is 23.1 Å². The SMILES string of the molecule is C=C/C=C(\C=C)Oc1ccc(-c2nn(CC)c(NC)c2C#N)cc1.CCC. The Morgan fingerprint density at radius 2 is 1.89 bits per heavy atom. The fourth-order valence-corrected chi connectivity index (χ4v) is 2.33. The molecule has 1 heterocycles. The Kier molecular flexibility index (Phi) is 9.18. The molecule has 1 aromatic carbocycles. The van der Waals surface area contributed by atoms with Crippen molar-refractivity contribution in [3.05, 3.63) is 67.0 Å². The molecule has 0 bridgehead atoms. The Hall–Kier alpha value is -3.26. The van der Waals surface area contributed by atoms with Crippen molar-refractivity contribution < 1.29 is 4.74 Å². The lowest BCUT2D eigenvalue weighted by molar-refractivity contribution is 0.445. The van der Waals surface area contributed by atoms with Gasteiger partial charge < -0.3 is 10.1 Å². The molecule has 0 amide bonds. The van der Waals surface area contributed by atoms with Gasteiger partial charge in [0, 0.05) is 19.2 Å². The number of anilines is 1. The highest BCUT2D eigenvalue weighted by Gasteiger charge is 2.17. The number of allylic oxidation sites excluding steroid dienone is 3. The van der Waals surface area contributed by atoms with E-state index in [0.29, 0.717) is 29.3 Å². The largest absolute Gasteiger partial charge is 0.457 e. The van der Waals surface area contributed by atoms with Crippen LogP contribution in [0.25, 0.3) is 11.3 Å². The predicted octanol–water partition coefficient (Wildman–Crippen LogP) is 5.53.